The molecule has 0 fully saturated rings. The lowest BCUT2D eigenvalue weighted by atomic mass is 10.0. The molecule has 0 radical (unpaired) electrons. The van der Waals surface area contributed by atoms with E-state index in [0.717, 1.165) is 25.7 Å². The van der Waals surface area contributed by atoms with Gasteiger partial charge in [0.05, 0.1) is 18.8 Å². The first-order valence-corrected chi connectivity index (χ1v) is 31.7. The van der Waals surface area contributed by atoms with Gasteiger partial charge in [-0.15, -0.1) is 0 Å². The molecule has 2 atom stereocenters. The highest BCUT2D eigenvalue weighted by Gasteiger charge is 2.20. The van der Waals surface area contributed by atoms with Crippen LogP contribution in [0.4, 0.5) is 0 Å². The molecule has 0 saturated carbocycles. The van der Waals surface area contributed by atoms with Gasteiger partial charge in [-0.1, -0.05) is 361 Å². The zero-order valence-corrected chi connectivity index (χ0v) is 46.5. The molecular weight excluding hydrogens is 819 g/mol. The van der Waals surface area contributed by atoms with E-state index in [1.165, 1.54) is 327 Å². The first-order chi connectivity index (χ1) is 33.2. The number of rotatable bonds is 60. The third-order valence-corrected chi connectivity index (χ3v) is 15.4. The van der Waals surface area contributed by atoms with E-state index in [2.05, 4.69) is 19.2 Å². The second kappa shape index (κ2) is 59.7. The Kier molecular flexibility index (Phi) is 59.2. The molecule has 4 nitrogen and oxygen atoms in total. The molecule has 0 aromatic carbocycles. The first-order valence-electron chi connectivity index (χ1n) is 31.7. The summed E-state index contributed by atoms with van der Waals surface area (Å²) >= 11 is 0. The smallest absolute Gasteiger partial charge is 0.220 e. The van der Waals surface area contributed by atoms with Crippen molar-refractivity contribution >= 4 is 5.91 Å². The Morgan fingerprint density at radius 1 is 0.299 bits per heavy atom. The van der Waals surface area contributed by atoms with Gasteiger partial charge in [0.25, 0.3) is 0 Å². The van der Waals surface area contributed by atoms with Gasteiger partial charge >= 0.3 is 0 Å². The maximum absolute atomic E-state index is 12.5. The minimum atomic E-state index is -0.655. The van der Waals surface area contributed by atoms with Crippen molar-refractivity contribution in [1.82, 2.24) is 5.32 Å². The monoisotopic (exact) mass is 946 g/mol. The third-order valence-electron chi connectivity index (χ3n) is 15.4. The van der Waals surface area contributed by atoms with Gasteiger partial charge in [0, 0.05) is 6.42 Å². The Morgan fingerprint density at radius 3 is 0.672 bits per heavy atom. The first kappa shape index (κ1) is 66.4. The molecule has 0 heterocycles. The Hall–Kier alpha value is -0.610. The summed E-state index contributed by atoms with van der Waals surface area (Å²) in [5.41, 5.74) is 0. The SMILES string of the molecule is CCCCCCCCCCCCCCCCCCCCCCCCCCCCCCCCCCC(=O)NC(CO)C(O)CCCCCCCCCCCCCCCCCCCCCCCCC. The lowest BCUT2D eigenvalue weighted by molar-refractivity contribution is -0.123. The maximum atomic E-state index is 12.5. The molecule has 0 rings (SSSR count). The summed E-state index contributed by atoms with van der Waals surface area (Å²) in [4.78, 5) is 12.5. The minimum absolute atomic E-state index is 0.0203. The lowest BCUT2D eigenvalue weighted by Crippen LogP contribution is -2.45. The molecule has 0 aromatic rings. The Bertz CT molecular complexity index is 894. The number of unbranched alkanes of at least 4 members (excludes halogenated alkanes) is 53. The van der Waals surface area contributed by atoms with E-state index in [-0.39, 0.29) is 12.5 Å². The van der Waals surface area contributed by atoms with Gasteiger partial charge in [-0.05, 0) is 12.8 Å². The molecule has 0 aliphatic rings. The fraction of sp³-hybridized carbons (Fsp3) is 0.984. The zero-order chi connectivity index (χ0) is 48.5. The summed E-state index contributed by atoms with van der Waals surface area (Å²) < 4.78 is 0. The van der Waals surface area contributed by atoms with E-state index in [1.807, 2.05) is 0 Å². The second-order valence-electron chi connectivity index (χ2n) is 22.2. The number of carbonyl (C=O) groups excluding carboxylic acids is 1. The van der Waals surface area contributed by atoms with Crippen LogP contribution in [0.1, 0.15) is 380 Å². The van der Waals surface area contributed by atoms with Crippen molar-refractivity contribution in [3.63, 3.8) is 0 Å². The summed E-state index contributed by atoms with van der Waals surface area (Å²) in [6, 6.07) is -0.532. The number of aliphatic hydroxyl groups is 2. The fourth-order valence-corrected chi connectivity index (χ4v) is 10.5. The zero-order valence-electron chi connectivity index (χ0n) is 46.5. The molecule has 0 aliphatic heterocycles. The number of hydrogen-bond donors (Lipinski definition) is 3. The molecule has 0 bridgehead atoms. The summed E-state index contributed by atoms with van der Waals surface area (Å²) in [7, 11) is 0. The van der Waals surface area contributed by atoms with Crippen LogP contribution in [-0.2, 0) is 4.79 Å². The molecule has 67 heavy (non-hydrogen) atoms. The van der Waals surface area contributed by atoms with E-state index >= 15 is 0 Å². The fourth-order valence-electron chi connectivity index (χ4n) is 10.5. The highest BCUT2D eigenvalue weighted by atomic mass is 16.3. The van der Waals surface area contributed by atoms with E-state index in [4.69, 9.17) is 0 Å². The number of carbonyl (C=O) groups is 1. The number of amides is 1. The van der Waals surface area contributed by atoms with Crippen molar-refractivity contribution in [2.45, 2.75) is 392 Å². The number of nitrogens with one attached hydrogen (secondary N) is 1. The third kappa shape index (κ3) is 56.2. The van der Waals surface area contributed by atoms with Crippen LogP contribution in [-0.4, -0.2) is 34.9 Å². The topological polar surface area (TPSA) is 69.6 Å². The second-order valence-corrected chi connectivity index (χ2v) is 22.2. The molecule has 4 heteroatoms. The van der Waals surface area contributed by atoms with E-state index in [0.29, 0.717) is 12.8 Å². The van der Waals surface area contributed by atoms with E-state index in [9.17, 15) is 15.0 Å². The standard InChI is InChI=1S/C63H127NO3/c1-3-5-7-9-11-13-15-17-19-21-23-25-27-28-29-30-31-32-33-34-35-37-39-41-43-45-47-49-51-53-55-57-59-63(67)64-61(60-65)62(66)58-56-54-52-50-48-46-44-42-40-38-36-26-24-22-20-18-16-14-12-10-8-6-4-2/h61-62,65-66H,3-60H2,1-2H3,(H,64,67). The van der Waals surface area contributed by atoms with Crippen molar-refractivity contribution in [2.24, 2.45) is 0 Å². The number of hydrogen-bond acceptors (Lipinski definition) is 3. The molecule has 0 aromatic heterocycles. The van der Waals surface area contributed by atoms with Gasteiger partial charge < -0.3 is 15.5 Å². The highest BCUT2D eigenvalue weighted by molar-refractivity contribution is 5.76. The summed E-state index contributed by atoms with van der Waals surface area (Å²) in [6.07, 6.45) is 77.0. The van der Waals surface area contributed by atoms with Gasteiger partial charge in [0.15, 0.2) is 0 Å². The van der Waals surface area contributed by atoms with Crippen LogP contribution in [0, 0.1) is 0 Å². The molecule has 2 unspecified atom stereocenters. The van der Waals surface area contributed by atoms with E-state index in [1.54, 1.807) is 0 Å². The molecule has 0 aliphatic carbocycles. The largest absolute Gasteiger partial charge is 0.394 e. The summed E-state index contributed by atoms with van der Waals surface area (Å²) in [5.74, 6) is -0.0203. The minimum Gasteiger partial charge on any atom is -0.394 e. The predicted octanol–water partition coefficient (Wildman–Crippen LogP) is 21.1. The van der Waals surface area contributed by atoms with Crippen LogP contribution in [0.5, 0.6) is 0 Å². The van der Waals surface area contributed by atoms with Gasteiger partial charge in [0.2, 0.25) is 5.91 Å². The van der Waals surface area contributed by atoms with Gasteiger partial charge in [-0.2, -0.15) is 0 Å². The Labute approximate surface area is 423 Å². The molecular formula is C63H127NO3. The van der Waals surface area contributed by atoms with Crippen LogP contribution in [0.15, 0.2) is 0 Å². The lowest BCUT2D eigenvalue weighted by Gasteiger charge is -2.22. The number of aliphatic hydroxyl groups excluding tert-OH is 2. The predicted molar refractivity (Wildman–Crippen MR) is 300 cm³/mol. The summed E-state index contributed by atoms with van der Waals surface area (Å²) in [6.45, 7) is 4.41. The van der Waals surface area contributed by atoms with Gasteiger partial charge in [0.1, 0.15) is 0 Å². The molecule has 402 valence electrons. The van der Waals surface area contributed by atoms with Crippen LogP contribution in [0.3, 0.4) is 0 Å². The quantitative estimate of drug-likeness (QED) is 0.0532. The van der Waals surface area contributed by atoms with Crippen LogP contribution in [0.25, 0.3) is 0 Å². The Morgan fingerprint density at radius 2 is 0.478 bits per heavy atom. The average Bonchev–Trinajstić information content (AvgIpc) is 3.33. The Balaban J connectivity index is 3.36. The van der Waals surface area contributed by atoms with Crippen LogP contribution < -0.4 is 5.32 Å². The van der Waals surface area contributed by atoms with Crippen LogP contribution >= 0.6 is 0 Å². The van der Waals surface area contributed by atoms with Crippen molar-refractivity contribution < 1.29 is 15.0 Å². The molecule has 0 saturated heterocycles. The van der Waals surface area contributed by atoms with Gasteiger partial charge in [-0.25, -0.2) is 0 Å². The maximum Gasteiger partial charge on any atom is 0.220 e. The summed E-state index contributed by atoms with van der Waals surface area (Å²) in [5, 5.41) is 23.4. The van der Waals surface area contributed by atoms with Crippen molar-refractivity contribution in [2.75, 3.05) is 6.61 Å². The van der Waals surface area contributed by atoms with Crippen LogP contribution in [0.2, 0.25) is 0 Å². The molecule has 1 amide bonds. The van der Waals surface area contributed by atoms with Crippen molar-refractivity contribution in [3.8, 4) is 0 Å². The van der Waals surface area contributed by atoms with E-state index < -0.39 is 12.1 Å². The average molecular weight is 947 g/mol. The molecule has 0 spiro atoms. The van der Waals surface area contributed by atoms with Crippen molar-refractivity contribution in [1.29, 1.82) is 0 Å². The van der Waals surface area contributed by atoms with Gasteiger partial charge in [-0.3, -0.25) is 4.79 Å². The highest BCUT2D eigenvalue weighted by Crippen LogP contribution is 2.19. The molecule has 3 N–H and O–H groups in total. The normalized spacial score (nSPS) is 12.6. The van der Waals surface area contributed by atoms with Crippen molar-refractivity contribution in [3.05, 3.63) is 0 Å².